The number of aliphatic hydroxyl groups is 1. The smallest absolute Gasteiger partial charge is 0.290 e. The quantitative estimate of drug-likeness (QED) is 0.553. The van der Waals surface area contributed by atoms with Crippen molar-refractivity contribution < 1.29 is 19.1 Å². The van der Waals surface area contributed by atoms with Gasteiger partial charge in [0.05, 0.1) is 11.6 Å². The van der Waals surface area contributed by atoms with Crippen molar-refractivity contribution in [2.45, 2.75) is 32.7 Å². The number of ketones is 1. The molecule has 1 aliphatic rings. The molecule has 0 radical (unpaired) electrons. The van der Waals surface area contributed by atoms with Gasteiger partial charge in [-0.1, -0.05) is 61.5 Å². The van der Waals surface area contributed by atoms with Crippen molar-refractivity contribution in [1.82, 2.24) is 4.90 Å². The van der Waals surface area contributed by atoms with Gasteiger partial charge in [-0.15, -0.1) is 0 Å². The van der Waals surface area contributed by atoms with Crippen LogP contribution in [0.25, 0.3) is 0 Å². The summed E-state index contributed by atoms with van der Waals surface area (Å²) in [5.41, 5.74) is 3.09. The summed E-state index contributed by atoms with van der Waals surface area (Å²) in [6.45, 7) is 4.19. The lowest BCUT2D eigenvalue weighted by atomic mass is 9.94. The van der Waals surface area contributed by atoms with Crippen molar-refractivity contribution in [2.24, 2.45) is 0 Å². The lowest BCUT2D eigenvalue weighted by Crippen LogP contribution is -2.33. The van der Waals surface area contributed by atoms with E-state index in [-0.39, 0.29) is 11.3 Å². The molecule has 1 amide bonds. The van der Waals surface area contributed by atoms with Crippen LogP contribution in [0.15, 0.2) is 82.5 Å². The average molecular weight is 415 g/mol. The Morgan fingerprint density at radius 1 is 1.00 bits per heavy atom. The standard InChI is InChI=1S/C26H25NO4/c1-3-18-10-12-20(13-11-18)23-22(24(28)21-14-9-17(2)31-21)25(29)26(30)27(23)16-15-19-7-5-4-6-8-19/h4-14,23,29H,3,15-16H2,1-2H3. The normalized spacial score (nSPS) is 16.3. The number of furan rings is 1. The van der Waals surface area contributed by atoms with Gasteiger partial charge in [0.25, 0.3) is 5.91 Å². The Balaban J connectivity index is 1.72. The predicted octanol–water partition coefficient (Wildman–Crippen LogP) is 4.97. The number of carbonyl (C=O) groups is 2. The molecule has 0 aliphatic carbocycles. The summed E-state index contributed by atoms with van der Waals surface area (Å²) >= 11 is 0. The van der Waals surface area contributed by atoms with E-state index in [0.717, 1.165) is 23.1 Å². The molecular formula is C26H25NO4. The topological polar surface area (TPSA) is 70.7 Å². The number of benzene rings is 2. The molecule has 1 aliphatic heterocycles. The van der Waals surface area contributed by atoms with Crippen molar-refractivity contribution in [3.05, 3.63) is 106 Å². The van der Waals surface area contributed by atoms with Gasteiger partial charge < -0.3 is 14.4 Å². The fraction of sp³-hybridized carbons (Fsp3) is 0.231. The van der Waals surface area contributed by atoms with E-state index in [4.69, 9.17) is 4.42 Å². The fourth-order valence-corrected chi connectivity index (χ4v) is 3.98. The molecule has 0 saturated heterocycles. The van der Waals surface area contributed by atoms with Crippen molar-refractivity contribution in [3.63, 3.8) is 0 Å². The number of amides is 1. The third-order valence-corrected chi connectivity index (χ3v) is 5.70. The number of rotatable bonds is 7. The molecule has 5 heteroatoms. The van der Waals surface area contributed by atoms with E-state index in [1.165, 1.54) is 0 Å². The second-order valence-corrected chi connectivity index (χ2v) is 7.73. The van der Waals surface area contributed by atoms with E-state index in [1.54, 1.807) is 24.0 Å². The van der Waals surface area contributed by atoms with Crippen LogP contribution in [0.3, 0.4) is 0 Å². The zero-order chi connectivity index (χ0) is 22.0. The molecule has 0 bridgehead atoms. The van der Waals surface area contributed by atoms with Gasteiger partial charge in [0.2, 0.25) is 5.78 Å². The first-order valence-corrected chi connectivity index (χ1v) is 10.5. The summed E-state index contributed by atoms with van der Waals surface area (Å²) in [6.07, 6.45) is 1.50. The lowest BCUT2D eigenvalue weighted by molar-refractivity contribution is -0.129. The highest BCUT2D eigenvalue weighted by Crippen LogP contribution is 2.39. The van der Waals surface area contributed by atoms with Gasteiger partial charge in [-0.2, -0.15) is 0 Å². The highest BCUT2D eigenvalue weighted by atomic mass is 16.3. The van der Waals surface area contributed by atoms with E-state index in [1.807, 2.05) is 54.6 Å². The van der Waals surface area contributed by atoms with Gasteiger partial charge in [-0.3, -0.25) is 9.59 Å². The Bertz CT molecular complexity index is 1130. The molecule has 1 atom stereocenters. The van der Waals surface area contributed by atoms with Crippen molar-refractivity contribution in [2.75, 3.05) is 6.54 Å². The number of carbonyl (C=O) groups excluding carboxylic acids is 2. The summed E-state index contributed by atoms with van der Waals surface area (Å²) in [5, 5.41) is 10.7. The van der Waals surface area contributed by atoms with Crippen LogP contribution in [0.4, 0.5) is 0 Å². The number of nitrogens with zero attached hydrogens (tertiary/aromatic N) is 1. The van der Waals surface area contributed by atoms with Crippen molar-refractivity contribution in [3.8, 4) is 0 Å². The monoisotopic (exact) mass is 415 g/mol. The molecule has 2 heterocycles. The van der Waals surface area contributed by atoms with E-state index in [0.29, 0.717) is 18.7 Å². The third kappa shape index (κ3) is 4.04. The first kappa shape index (κ1) is 20.7. The Morgan fingerprint density at radius 2 is 1.71 bits per heavy atom. The molecule has 5 nitrogen and oxygen atoms in total. The zero-order valence-corrected chi connectivity index (χ0v) is 17.7. The number of hydrogen-bond acceptors (Lipinski definition) is 4. The van der Waals surface area contributed by atoms with Crippen LogP contribution in [0.2, 0.25) is 0 Å². The van der Waals surface area contributed by atoms with Crippen molar-refractivity contribution >= 4 is 11.7 Å². The van der Waals surface area contributed by atoms with Gasteiger partial charge in [-0.05, 0) is 48.6 Å². The molecule has 4 rings (SSSR count). The maximum absolute atomic E-state index is 13.3. The Kier molecular flexibility index (Phi) is 5.76. The zero-order valence-electron chi connectivity index (χ0n) is 17.7. The molecule has 3 aromatic rings. The van der Waals surface area contributed by atoms with E-state index < -0.39 is 23.5 Å². The minimum atomic E-state index is -0.667. The first-order chi connectivity index (χ1) is 15.0. The van der Waals surface area contributed by atoms with Crippen LogP contribution in [-0.4, -0.2) is 28.2 Å². The van der Waals surface area contributed by atoms with Crippen LogP contribution in [-0.2, 0) is 17.6 Å². The predicted molar refractivity (Wildman–Crippen MR) is 118 cm³/mol. The first-order valence-electron chi connectivity index (χ1n) is 10.5. The van der Waals surface area contributed by atoms with Gasteiger partial charge in [-0.25, -0.2) is 0 Å². The Hall–Kier alpha value is -3.60. The summed E-state index contributed by atoms with van der Waals surface area (Å²) < 4.78 is 5.50. The highest BCUT2D eigenvalue weighted by molar-refractivity contribution is 6.15. The summed E-state index contributed by atoms with van der Waals surface area (Å²) in [4.78, 5) is 27.8. The number of aliphatic hydroxyl groups excluding tert-OH is 1. The molecule has 1 N–H and O–H groups in total. The van der Waals surface area contributed by atoms with Crippen LogP contribution in [0, 0.1) is 6.92 Å². The van der Waals surface area contributed by atoms with Crippen LogP contribution < -0.4 is 0 Å². The van der Waals surface area contributed by atoms with Crippen LogP contribution >= 0.6 is 0 Å². The van der Waals surface area contributed by atoms with Crippen LogP contribution in [0.1, 0.15) is 46.0 Å². The Morgan fingerprint density at radius 3 is 2.32 bits per heavy atom. The fourth-order valence-electron chi connectivity index (χ4n) is 3.98. The maximum atomic E-state index is 13.3. The number of Topliss-reactive ketones (excluding diaryl/α,β-unsaturated/α-hetero) is 1. The molecule has 158 valence electrons. The Labute approximate surface area is 181 Å². The van der Waals surface area contributed by atoms with Gasteiger partial charge in [0, 0.05) is 6.54 Å². The maximum Gasteiger partial charge on any atom is 0.290 e. The molecular weight excluding hydrogens is 390 g/mol. The minimum absolute atomic E-state index is 0.0664. The summed E-state index contributed by atoms with van der Waals surface area (Å²) in [5.74, 6) is -0.793. The van der Waals surface area contributed by atoms with Crippen LogP contribution in [0.5, 0.6) is 0 Å². The molecule has 0 saturated carbocycles. The second-order valence-electron chi connectivity index (χ2n) is 7.73. The third-order valence-electron chi connectivity index (χ3n) is 5.70. The number of hydrogen-bond donors (Lipinski definition) is 1. The molecule has 31 heavy (non-hydrogen) atoms. The molecule has 2 aromatic carbocycles. The largest absolute Gasteiger partial charge is 0.503 e. The molecule has 0 fully saturated rings. The molecule has 1 aromatic heterocycles. The SMILES string of the molecule is CCc1ccc(C2C(C(=O)c3ccc(C)o3)=C(O)C(=O)N2CCc2ccccc2)cc1. The number of aryl methyl sites for hydroxylation is 2. The van der Waals surface area contributed by atoms with Gasteiger partial charge in [0.15, 0.2) is 11.5 Å². The van der Waals surface area contributed by atoms with Gasteiger partial charge in [0.1, 0.15) is 5.76 Å². The van der Waals surface area contributed by atoms with E-state index in [9.17, 15) is 14.7 Å². The second kappa shape index (κ2) is 8.64. The highest BCUT2D eigenvalue weighted by Gasteiger charge is 2.44. The van der Waals surface area contributed by atoms with Crippen molar-refractivity contribution in [1.29, 1.82) is 0 Å². The average Bonchev–Trinajstić information content (AvgIpc) is 3.34. The summed E-state index contributed by atoms with van der Waals surface area (Å²) in [7, 11) is 0. The summed E-state index contributed by atoms with van der Waals surface area (Å²) in [6, 6.07) is 20.3. The minimum Gasteiger partial charge on any atom is -0.503 e. The molecule has 1 unspecified atom stereocenters. The lowest BCUT2D eigenvalue weighted by Gasteiger charge is -2.27. The molecule has 0 spiro atoms. The van der Waals surface area contributed by atoms with Gasteiger partial charge >= 0.3 is 0 Å². The van der Waals surface area contributed by atoms with E-state index >= 15 is 0 Å². The van der Waals surface area contributed by atoms with E-state index in [2.05, 4.69) is 6.92 Å².